The van der Waals surface area contributed by atoms with Crippen LogP contribution in [0.2, 0.25) is 0 Å². The minimum Gasteiger partial charge on any atom is -0.457 e. The molecule has 3 aromatic carbocycles. The summed E-state index contributed by atoms with van der Waals surface area (Å²) in [5.74, 6) is -1.61. The van der Waals surface area contributed by atoms with E-state index in [1.54, 1.807) is 12.1 Å². The van der Waals surface area contributed by atoms with Crippen LogP contribution < -0.4 is 5.32 Å². The number of dihydropyridines is 1. The average Bonchev–Trinajstić information content (AvgIpc) is 2.87. The van der Waals surface area contributed by atoms with Crippen LogP contribution in [0, 0.1) is 5.82 Å². The minimum absolute atomic E-state index is 0.0391. The molecule has 5 heteroatoms. The molecule has 0 spiro atoms. The van der Waals surface area contributed by atoms with Gasteiger partial charge in [0, 0.05) is 29.3 Å². The predicted molar refractivity (Wildman–Crippen MR) is 132 cm³/mol. The first kappa shape index (κ1) is 22.8. The van der Waals surface area contributed by atoms with E-state index in [0.29, 0.717) is 35.2 Å². The molecule has 1 heterocycles. The highest BCUT2D eigenvalue weighted by atomic mass is 19.1. The molecule has 0 radical (unpaired) electrons. The first-order chi connectivity index (χ1) is 17.0. The van der Waals surface area contributed by atoms with Crippen molar-refractivity contribution in [1.29, 1.82) is 0 Å². The van der Waals surface area contributed by atoms with Gasteiger partial charge in [-0.15, -0.1) is 0 Å². The normalized spacial score (nSPS) is 19.8. The first-order valence-corrected chi connectivity index (χ1v) is 11.8. The Balaban J connectivity index is 1.52. The van der Waals surface area contributed by atoms with Gasteiger partial charge in [-0.3, -0.25) is 4.79 Å². The number of rotatable bonds is 5. The van der Waals surface area contributed by atoms with Gasteiger partial charge in [-0.1, -0.05) is 72.8 Å². The molecule has 5 rings (SSSR count). The number of ether oxygens (including phenoxy) is 1. The van der Waals surface area contributed by atoms with E-state index in [1.165, 1.54) is 12.1 Å². The highest BCUT2D eigenvalue weighted by Crippen LogP contribution is 2.45. The Morgan fingerprint density at radius 1 is 0.943 bits per heavy atom. The zero-order valence-electron chi connectivity index (χ0n) is 19.5. The molecule has 0 bridgehead atoms. The zero-order chi connectivity index (χ0) is 24.4. The van der Waals surface area contributed by atoms with Gasteiger partial charge < -0.3 is 10.1 Å². The van der Waals surface area contributed by atoms with E-state index < -0.39 is 17.7 Å². The topological polar surface area (TPSA) is 55.4 Å². The molecule has 1 aliphatic carbocycles. The molecule has 1 aliphatic heterocycles. The molecular weight excluding hydrogens is 441 g/mol. The van der Waals surface area contributed by atoms with Crippen LogP contribution in [0.3, 0.4) is 0 Å². The molecule has 0 unspecified atom stereocenters. The Labute approximate surface area is 204 Å². The van der Waals surface area contributed by atoms with E-state index in [0.717, 1.165) is 16.8 Å². The van der Waals surface area contributed by atoms with Gasteiger partial charge in [0.25, 0.3) is 0 Å². The van der Waals surface area contributed by atoms with Crippen LogP contribution in [0.5, 0.6) is 0 Å². The lowest BCUT2D eigenvalue weighted by atomic mass is 9.71. The third kappa shape index (κ3) is 4.67. The number of esters is 1. The maximum absolute atomic E-state index is 14.3. The Morgan fingerprint density at radius 2 is 1.63 bits per heavy atom. The summed E-state index contributed by atoms with van der Waals surface area (Å²) in [6.07, 6.45) is 0.975. The molecule has 35 heavy (non-hydrogen) atoms. The van der Waals surface area contributed by atoms with E-state index in [9.17, 15) is 14.0 Å². The van der Waals surface area contributed by atoms with Crippen molar-refractivity contribution in [3.8, 4) is 0 Å². The van der Waals surface area contributed by atoms with Crippen LogP contribution in [0.15, 0.2) is 107 Å². The molecule has 0 aromatic heterocycles. The molecular formula is C30H26FNO3. The predicted octanol–water partition coefficient (Wildman–Crippen LogP) is 5.93. The van der Waals surface area contributed by atoms with Crippen molar-refractivity contribution in [3.05, 3.63) is 130 Å². The third-order valence-electron chi connectivity index (χ3n) is 6.71. The standard InChI is InChI=1S/C30H26FNO3/c1-19-27(30(34)35-18-20-9-4-2-5-10-20)28(22-13-8-14-24(31)15-22)29-25(32-19)16-23(17-26(29)33)21-11-6-3-7-12-21/h2-15,23,28,32H,16-18H2,1H3/t23-,28+/m1/s1. The third-order valence-corrected chi connectivity index (χ3v) is 6.71. The molecule has 1 N–H and O–H groups in total. The minimum atomic E-state index is -0.686. The number of carbonyl (C=O) groups is 2. The number of halogens is 1. The summed E-state index contributed by atoms with van der Waals surface area (Å²) in [6.45, 7) is 1.92. The fourth-order valence-electron chi connectivity index (χ4n) is 5.09. The molecule has 0 saturated carbocycles. The van der Waals surface area contributed by atoms with E-state index >= 15 is 0 Å². The van der Waals surface area contributed by atoms with Crippen LogP contribution in [0.25, 0.3) is 0 Å². The molecule has 176 valence electrons. The second-order valence-electron chi connectivity index (χ2n) is 9.04. The van der Waals surface area contributed by atoms with Crippen LogP contribution in [0.1, 0.15) is 48.3 Å². The lowest BCUT2D eigenvalue weighted by Gasteiger charge is -2.36. The number of Topliss-reactive ketones (excluding diaryl/α,β-unsaturated/α-hetero) is 1. The van der Waals surface area contributed by atoms with Gasteiger partial charge in [0.05, 0.1) is 5.57 Å². The fourth-order valence-corrected chi connectivity index (χ4v) is 5.09. The maximum atomic E-state index is 14.3. The van der Waals surface area contributed by atoms with Gasteiger partial charge in [0.15, 0.2) is 5.78 Å². The number of hydrogen-bond donors (Lipinski definition) is 1. The van der Waals surface area contributed by atoms with Crippen molar-refractivity contribution in [3.63, 3.8) is 0 Å². The van der Waals surface area contributed by atoms with E-state index in [1.807, 2.05) is 67.6 Å². The van der Waals surface area contributed by atoms with Crippen molar-refractivity contribution in [1.82, 2.24) is 5.32 Å². The molecule has 2 atom stereocenters. The van der Waals surface area contributed by atoms with Gasteiger partial charge in [-0.2, -0.15) is 0 Å². The van der Waals surface area contributed by atoms with Crippen LogP contribution >= 0.6 is 0 Å². The first-order valence-electron chi connectivity index (χ1n) is 11.8. The van der Waals surface area contributed by atoms with Crippen molar-refractivity contribution in [2.45, 2.75) is 38.2 Å². The van der Waals surface area contributed by atoms with Gasteiger partial charge in [0.1, 0.15) is 12.4 Å². The van der Waals surface area contributed by atoms with Crippen molar-refractivity contribution in [2.75, 3.05) is 0 Å². The zero-order valence-corrected chi connectivity index (χ0v) is 19.5. The summed E-state index contributed by atoms with van der Waals surface area (Å²) in [5.41, 5.74) is 4.82. The highest BCUT2D eigenvalue weighted by molar-refractivity contribution is 6.04. The van der Waals surface area contributed by atoms with E-state index in [4.69, 9.17) is 4.74 Å². The van der Waals surface area contributed by atoms with Gasteiger partial charge in [-0.25, -0.2) is 9.18 Å². The van der Waals surface area contributed by atoms with Gasteiger partial charge in [-0.05, 0) is 48.1 Å². The number of allylic oxidation sites excluding steroid dienone is 3. The number of nitrogens with one attached hydrogen (secondary N) is 1. The largest absolute Gasteiger partial charge is 0.457 e. The summed E-state index contributed by atoms with van der Waals surface area (Å²) < 4.78 is 19.9. The van der Waals surface area contributed by atoms with E-state index in [-0.39, 0.29) is 18.3 Å². The molecule has 2 aliphatic rings. The lowest BCUT2D eigenvalue weighted by Crippen LogP contribution is -2.36. The summed E-state index contributed by atoms with van der Waals surface area (Å²) >= 11 is 0. The Hall–Kier alpha value is -3.99. The molecule has 0 fully saturated rings. The van der Waals surface area contributed by atoms with Crippen molar-refractivity contribution in [2.24, 2.45) is 0 Å². The average molecular weight is 468 g/mol. The van der Waals surface area contributed by atoms with Crippen LogP contribution in [-0.4, -0.2) is 11.8 Å². The maximum Gasteiger partial charge on any atom is 0.337 e. The second kappa shape index (κ2) is 9.71. The highest BCUT2D eigenvalue weighted by Gasteiger charge is 2.41. The van der Waals surface area contributed by atoms with E-state index in [2.05, 4.69) is 5.32 Å². The van der Waals surface area contributed by atoms with Crippen LogP contribution in [-0.2, 0) is 20.9 Å². The second-order valence-corrected chi connectivity index (χ2v) is 9.04. The molecule has 4 nitrogen and oxygen atoms in total. The lowest BCUT2D eigenvalue weighted by molar-refractivity contribution is -0.140. The smallest absolute Gasteiger partial charge is 0.337 e. The van der Waals surface area contributed by atoms with Gasteiger partial charge in [0.2, 0.25) is 0 Å². The van der Waals surface area contributed by atoms with Crippen molar-refractivity contribution >= 4 is 11.8 Å². The summed E-state index contributed by atoms with van der Waals surface area (Å²) in [6, 6.07) is 25.5. The Morgan fingerprint density at radius 3 is 2.34 bits per heavy atom. The molecule has 3 aromatic rings. The van der Waals surface area contributed by atoms with Crippen LogP contribution in [0.4, 0.5) is 4.39 Å². The monoisotopic (exact) mass is 467 g/mol. The summed E-state index contributed by atoms with van der Waals surface area (Å²) in [4.78, 5) is 26.9. The quantitative estimate of drug-likeness (QED) is 0.473. The Bertz CT molecular complexity index is 1330. The summed E-state index contributed by atoms with van der Waals surface area (Å²) in [5, 5.41) is 3.34. The number of ketones is 1. The van der Waals surface area contributed by atoms with Gasteiger partial charge >= 0.3 is 5.97 Å². The SMILES string of the molecule is CC1=C(C(=O)OCc2ccccc2)[C@H](c2cccc(F)c2)C2=C(C[C@@H](c3ccccc3)CC2=O)N1. The van der Waals surface area contributed by atoms with Crippen molar-refractivity contribution < 1.29 is 18.7 Å². The molecule has 0 amide bonds. The number of hydrogen-bond acceptors (Lipinski definition) is 4. The summed E-state index contributed by atoms with van der Waals surface area (Å²) in [7, 11) is 0. The number of carbonyl (C=O) groups excluding carboxylic acids is 2. The fraction of sp³-hybridized carbons (Fsp3) is 0.200. The Kier molecular flexibility index (Phi) is 6.32. The number of benzene rings is 3. The molecule has 0 saturated heterocycles.